The first-order valence-electron chi connectivity index (χ1n) is 7.26. The molecule has 4 heteroatoms. The van der Waals surface area contributed by atoms with Crippen molar-refractivity contribution in [1.82, 2.24) is 4.98 Å². The molecule has 0 unspecified atom stereocenters. The minimum Gasteiger partial charge on any atom is -0.496 e. The Labute approximate surface area is 131 Å². The summed E-state index contributed by atoms with van der Waals surface area (Å²) in [6.45, 7) is 8.32. The molecule has 0 fully saturated rings. The normalized spacial score (nSPS) is 11.4. The number of aromatic nitrogens is 1. The number of rotatable bonds is 5. The molecule has 0 aliphatic rings. The maximum atomic E-state index is 5.51. The van der Waals surface area contributed by atoms with E-state index in [1.54, 1.807) is 7.11 Å². The fraction of sp³-hybridized carbons (Fsp3) is 0.333. The molecule has 0 aliphatic carbocycles. The maximum Gasteiger partial charge on any atom is 0.146 e. The Hall–Kier alpha value is -2.36. The van der Waals surface area contributed by atoms with Gasteiger partial charge in [0.05, 0.1) is 12.8 Å². The lowest BCUT2D eigenvalue weighted by Gasteiger charge is -2.10. The van der Waals surface area contributed by atoms with Gasteiger partial charge in [-0.05, 0) is 57.0 Å². The van der Waals surface area contributed by atoms with Gasteiger partial charge in [-0.2, -0.15) is 0 Å². The third kappa shape index (κ3) is 3.85. The van der Waals surface area contributed by atoms with Crippen molar-refractivity contribution in [1.29, 1.82) is 0 Å². The smallest absolute Gasteiger partial charge is 0.146 e. The molecule has 0 N–H and O–H groups in total. The van der Waals surface area contributed by atoms with Crippen LogP contribution in [0.1, 0.15) is 35.0 Å². The molecule has 4 nitrogen and oxygen atoms in total. The Kier molecular flexibility index (Phi) is 5.15. The van der Waals surface area contributed by atoms with E-state index >= 15 is 0 Å². The van der Waals surface area contributed by atoms with Crippen LogP contribution in [0.2, 0.25) is 0 Å². The van der Waals surface area contributed by atoms with Gasteiger partial charge in [-0.3, -0.25) is 4.98 Å². The van der Waals surface area contributed by atoms with E-state index in [1.165, 1.54) is 0 Å². The van der Waals surface area contributed by atoms with Crippen LogP contribution >= 0.6 is 0 Å². The fourth-order valence-corrected chi connectivity index (χ4v) is 2.32. The van der Waals surface area contributed by atoms with Gasteiger partial charge >= 0.3 is 0 Å². The lowest BCUT2D eigenvalue weighted by atomic mass is 10.1. The SMILES string of the molecule is COc1cccc(C)c1CO/N=C(\C)c1cc(C)cc(C)n1. The van der Waals surface area contributed by atoms with Crippen LogP contribution in [0.3, 0.4) is 0 Å². The zero-order chi connectivity index (χ0) is 16.1. The molecule has 0 saturated carbocycles. The van der Waals surface area contributed by atoms with E-state index < -0.39 is 0 Å². The van der Waals surface area contributed by atoms with Gasteiger partial charge in [0.25, 0.3) is 0 Å². The molecule has 1 heterocycles. The minimum absolute atomic E-state index is 0.373. The molecule has 0 spiro atoms. The highest BCUT2D eigenvalue weighted by Crippen LogP contribution is 2.22. The Morgan fingerprint density at radius 2 is 1.95 bits per heavy atom. The van der Waals surface area contributed by atoms with E-state index in [4.69, 9.17) is 9.57 Å². The van der Waals surface area contributed by atoms with E-state index in [-0.39, 0.29) is 0 Å². The first-order chi connectivity index (χ1) is 10.5. The predicted molar refractivity (Wildman–Crippen MR) is 88.4 cm³/mol. The molecular weight excluding hydrogens is 276 g/mol. The third-order valence-electron chi connectivity index (χ3n) is 3.47. The van der Waals surface area contributed by atoms with Crippen molar-refractivity contribution in [3.05, 3.63) is 58.4 Å². The number of ether oxygens (including phenoxy) is 1. The standard InChI is InChI=1S/C18H22N2O2/c1-12-9-14(3)19-17(10-12)15(4)20-22-11-16-13(2)7-6-8-18(16)21-5/h6-10H,11H2,1-5H3/b20-15+. The molecule has 22 heavy (non-hydrogen) atoms. The quantitative estimate of drug-likeness (QED) is 0.620. The summed E-state index contributed by atoms with van der Waals surface area (Å²) in [5.41, 5.74) is 5.88. The number of hydrogen-bond donors (Lipinski definition) is 0. The van der Waals surface area contributed by atoms with Crippen molar-refractivity contribution < 1.29 is 9.57 Å². The monoisotopic (exact) mass is 298 g/mol. The van der Waals surface area contributed by atoms with Crippen molar-refractivity contribution in [2.24, 2.45) is 5.16 Å². The molecule has 0 radical (unpaired) electrons. The summed E-state index contributed by atoms with van der Waals surface area (Å²) < 4.78 is 5.36. The van der Waals surface area contributed by atoms with Gasteiger partial charge in [-0.1, -0.05) is 17.3 Å². The Morgan fingerprint density at radius 1 is 1.18 bits per heavy atom. The van der Waals surface area contributed by atoms with E-state index in [0.717, 1.165) is 39.5 Å². The molecule has 2 rings (SSSR count). The highest BCUT2D eigenvalue weighted by molar-refractivity contribution is 5.96. The van der Waals surface area contributed by atoms with Crippen molar-refractivity contribution in [2.75, 3.05) is 7.11 Å². The lowest BCUT2D eigenvalue weighted by Crippen LogP contribution is -2.03. The Morgan fingerprint density at radius 3 is 2.64 bits per heavy atom. The van der Waals surface area contributed by atoms with Crippen molar-refractivity contribution >= 4 is 5.71 Å². The van der Waals surface area contributed by atoms with Crippen LogP contribution < -0.4 is 4.74 Å². The van der Waals surface area contributed by atoms with Crippen LogP contribution in [0, 0.1) is 20.8 Å². The lowest BCUT2D eigenvalue weighted by molar-refractivity contribution is 0.128. The Balaban J connectivity index is 2.12. The summed E-state index contributed by atoms with van der Waals surface area (Å²) in [5, 5.41) is 4.19. The van der Waals surface area contributed by atoms with Crippen molar-refractivity contribution in [2.45, 2.75) is 34.3 Å². The third-order valence-corrected chi connectivity index (χ3v) is 3.47. The molecule has 0 saturated heterocycles. The molecule has 2 aromatic rings. The number of hydrogen-bond acceptors (Lipinski definition) is 4. The van der Waals surface area contributed by atoms with Crippen molar-refractivity contribution in [3.63, 3.8) is 0 Å². The van der Waals surface area contributed by atoms with Gasteiger partial charge in [0.15, 0.2) is 0 Å². The number of pyridine rings is 1. The summed E-state index contributed by atoms with van der Waals surface area (Å²) in [5.74, 6) is 0.817. The van der Waals surface area contributed by atoms with Crippen LogP contribution in [0.25, 0.3) is 0 Å². The highest BCUT2D eigenvalue weighted by Gasteiger charge is 2.07. The predicted octanol–water partition coefficient (Wildman–Crippen LogP) is 3.96. The average Bonchev–Trinajstić information content (AvgIpc) is 2.47. The topological polar surface area (TPSA) is 43.7 Å². The largest absolute Gasteiger partial charge is 0.496 e. The van der Waals surface area contributed by atoms with E-state index in [1.807, 2.05) is 58.0 Å². The molecule has 1 aromatic heterocycles. The summed E-state index contributed by atoms with van der Waals surface area (Å²) in [7, 11) is 1.66. The van der Waals surface area contributed by atoms with E-state index in [2.05, 4.69) is 10.1 Å². The zero-order valence-electron chi connectivity index (χ0n) is 13.8. The molecule has 0 bridgehead atoms. The molecule has 0 aliphatic heterocycles. The van der Waals surface area contributed by atoms with Crippen LogP contribution in [0.5, 0.6) is 5.75 Å². The maximum absolute atomic E-state index is 5.51. The van der Waals surface area contributed by atoms with E-state index in [0.29, 0.717) is 6.61 Å². The van der Waals surface area contributed by atoms with Gasteiger partial charge in [0.2, 0.25) is 0 Å². The summed E-state index contributed by atoms with van der Waals surface area (Å²) in [4.78, 5) is 9.98. The fourth-order valence-electron chi connectivity index (χ4n) is 2.32. The first kappa shape index (κ1) is 16.0. The van der Waals surface area contributed by atoms with Gasteiger partial charge in [-0.25, -0.2) is 0 Å². The second kappa shape index (κ2) is 7.07. The van der Waals surface area contributed by atoms with Crippen LogP contribution in [0.15, 0.2) is 35.5 Å². The number of oxime groups is 1. The zero-order valence-corrected chi connectivity index (χ0v) is 13.8. The molecule has 1 aromatic carbocycles. The minimum atomic E-state index is 0.373. The number of benzene rings is 1. The summed E-state index contributed by atoms with van der Waals surface area (Å²) >= 11 is 0. The second-order valence-electron chi connectivity index (χ2n) is 5.38. The van der Waals surface area contributed by atoms with Gasteiger partial charge in [0.1, 0.15) is 18.1 Å². The number of aryl methyl sites for hydroxylation is 3. The Bertz CT molecular complexity index is 673. The van der Waals surface area contributed by atoms with Crippen LogP contribution in [-0.4, -0.2) is 17.8 Å². The van der Waals surface area contributed by atoms with Gasteiger partial charge in [0, 0.05) is 11.3 Å². The van der Waals surface area contributed by atoms with Crippen molar-refractivity contribution in [3.8, 4) is 5.75 Å². The van der Waals surface area contributed by atoms with Gasteiger partial charge < -0.3 is 9.57 Å². The molecule has 116 valence electrons. The number of nitrogens with zero attached hydrogens (tertiary/aromatic N) is 2. The molecule has 0 amide bonds. The molecular formula is C18H22N2O2. The summed E-state index contributed by atoms with van der Waals surface area (Å²) in [6.07, 6.45) is 0. The highest BCUT2D eigenvalue weighted by atomic mass is 16.6. The second-order valence-corrected chi connectivity index (χ2v) is 5.38. The summed E-state index contributed by atoms with van der Waals surface area (Å²) in [6, 6.07) is 9.96. The van der Waals surface area contributed by atoms with Gasteiger partial charge in [-0.15, -0.1) is 0 Å². The van der Waals surface area contributed by atoms with Crippen LogP contribution in [0.4, 0.5) is 0 Å². The molecule has 0 atom stereocenters. The number of methoxy groups -OCH3 is 1. The van der Waals surface area contributed by atoms with Crippen LogP contribution in [-0.2, 0) is 11.4 Å². The first-order valence-corrected chi connectivity index (χ1v) is 7.26. The average molecular weight is 298 g/mol. The van der Waals surface area contributed by atoms with E-state index in [9.17, 15) is 0 Å².